The van der Waals surface area contributed by atoms with E-state index in [-0.39, 0.29) is 5.91 Å². The van der Waals surface area contributed by atoms with Crippen LogP contribution in [0, 0.1) is 0 Å². The third-order valence-corrected chi connectivity index (χ3v) is 5.99. The minimum absolute atomic E-state index is 0.171. The van der Waals surface area contributed by atoms with Gasteiger partial charge in [0.1, 0.15) is 0 Å². The van der Waals surface area contributed by atoms with Crippen molar-refractivity contribution in [3.8, 4) is 11.4 Å². The van der Waals surface area contributed by atoms with E-state index < -0.39 is 0 Å². The van der Waals surface area contributed by atoms with Crippen molar-refractivity contribution >= 4 is 29.3 Å². The Morgan fingerprint density at radius 3 is 2.43 bits per heavy atom. The van der Waals surface area contributed by atoms with Crippen LogP contribution in [0.25, 0.3) is 11.4 Å². The first-order chi connectivity index (χ1) is 13.7. The highest BCUT2D eigenvalue weighted by atomic mass is 35.5. The molecule has 28 heavy (non-hydrogen) atoms. The molecule has 4 rings (SSSR count). The fraction of sp³-hybridized carbons (Fsp3) is 0.286. The summed E-state index contributed by atoms with van der Waals surface area (Å²) >= 11 is 7.48. The van der Waals surface area contributed by atoms with Gasteiger partial charge in [-0.1, -0.05) is 53.7 Å². The van der Waals surface area contributed by atoms with Gasteiger partial charge in [-0.3, -0.25) is 9.36 Å². The first-order valence-electron chi connectivity index (χ1n) is 9.34. The van der Waals surface area contributed by atoms with E-state index in [4.69, 9.17) is 11.6 Å². The highest BCUT2D eigenvalue weighted by Gasteiger charge is 2.20. The van der Waals surface area contributed by atoms with Gasteiger partial charge < -0.3 is 4.90 Å². The van der Waals surface area contributed by atoms with Crippen molar-refractivity contribution in [2.45, 2.75) is 24.5 Å². The van der Waals surface area contributed by atoms with E-state index in [2.05, 4.69) is 26.9 Å². The Bertz CT molecular complexity index is 937. The lowest BCUT2D eigenvalue weighted by Crippen LogP contribution is -2.29. The average Bonchev–Trinajstić information content (AvgIpc) is 3.38. The quantitative estimate of drug-likeness (QED) is 0.564. The van der Waals surface area contributed by atoms with Gasteiger partial charge in [0.25, 0.3) is 0 Å². The highest BCUT2D eigenvalue weighted by molar-refractivity contribution is 7.99. The number of hydrogen-bond donors (Lipinski definition) is 0. The lowest BCUT2D eigenvalue weighted by atomic mass is 10.2. The van der Waals surface area contributed by atoms with Gasteiger partial charge in [-0.05, 0) is 42.7 Å². The van der Waals surface area contributed by atoms with Crippen molar-refractivity contribution in [1.82, 2.24) is 19.7 Å². The Labute approximate surface area is 173 Å². The molecule has 7 heteroatoms. The molecular formula is C21H21ClN4OS. The molecule has 3 aromatic rings. The third kappa shape index (κ3) is 4.39. The van der Waals surface area contributed by atoms with Gasteiger partial charge in [0.2, 0.25) is 5.91 Å². The predicted molar refractivity (Wildman–Crippen MR) is 113 cm³/mol. The number of likely N-dealkylation sites (tertiary alicyclic amines) is 1. The van der Waals surface area contributed by atoms with Gasteiger partial charge in [0.15, 0.2) is 11.0 Å². The standard InChI is InChI=1S/C21H21ClN4OS/c22-18-10-8-17(9-11-18)20-23-24-21(26(20)14-16-6-2-1-3-7-16)28-15-19(27)25-12-4-5-13-25/h1-3,6-11H,4-5,12-15H2. The van der Waals surface area contributed by atoms with Crippen LogP contribution in [-0.2, 0) is 11.3 Å². The maximum absolute atomic E-state index is 12.4. The molecule has 1 aliphatic rings. The minimum atomic E-state index is 0.171. The third-order valence-electron chi connectivity index (χ3n) is 4.79. The van der Waals surface area contributed by atoms with Gasteiger partial charge >= 0.3 is 0 Å². The lowest BCUT2D eigenvalue weighted by molar-refractivity contribution is -0.127. The summed E-state index contributed by atoms with van der Waals surface area (Å²) in [4.78, 5) is 14.4. The molecule has 1 aromatic heterocycles. The van der Waals surface area contributed by atoms with E-state index in [0.717, 1.165) is 48.0 Å². The normalized spacial score (nSPS) is 13.8. The molecule has 0 aliphatic carbocycles. The smallest absolute Gasteiger partial charge is 0.233 e. The molecule has 0 N–H and O–H groups in total. The first-order valence-corrected chi connectivity index (χ1v) is 10.7. The molecule has 1 aliphatic heterocycles. The molecule has 2 aromatic carbocycles. The molecule has 1 saturated heterocycles. The SMILES string of the molecule is O=C(CSc1nnc(-c2ccc(Cl)cc2)n1Cc1ccccc1)N1CCCC1. The second-order valence-electron chi connectivity index (χ2n) is 6.76. The van der Waals surface area contributed by atoms with Crippen molar-refractivity contribution in [2.24, 2.45) is 0 Å². The van der Waals surface area contributed by atoms with Crippen molar-refractivity contribution in [1.29, 1.82) is 0 Å². The summed E-state index contributed by atoms with van der Waals surface area (Å²) in [6.45, 7) is 2.38. The number of thioether (sulfide) groups is 1. The van der Waals surface area contributed by atoms with Crippen LogP contribution in [0.3, 0.4) is 0 Å². The van der Waals surface area contributed by atoms with Crippen molar-refractivity contribution in [3.05, 3.63) is 65.2 Å². The Morgan fingerprint density at radius 1 is 1.00 bits per heavy atom. The number of hydrogen-bond acceptors (Lipinski definition) is 4. The van der Waals surface area contributed by atoms with E-state index in [1.165, 1.54) is 11.8 Å². The molecule has 0 unspecified atom stereocenters. The molecule has 0 radical (unpaired) electrons. The summed E-state index contributed by atoms with van der Waals surface area (Å²) in [5, 5.41) is 10.2. The molecule has 2 heterocycles. The average molecular weight is 413 g/mol. The molecule has 1 fully saturated rings. The first kappa shape index (κ1) is 19.0. The van der Waals surface area contributed by atoms with Crippen LogP contribution < -0.4 is 0 Å². The largest absolute Gasteiger partial charge is 0.342 e. The zero-order valence-corrected chi connectivity index (χ0v) is 17.0. The predicted octanol–water partition coefficient (Wildman–Crippen LogP) is 4.36. The zero-order chi connectivity index (χ0) is 19.3. The molecule has 1 amide bonds. The lowest BCUT2D eigenvalue weighted by Gasteiger charge is -2.15. The van der Waals surface area contributed by atoms with Crippen molar-refractivity contribution in [2.75, 3.05) is 18.8 Å². The molecule has 144 valence electrons. The fourth-order valence-electron chi connectivity index (χ4n) is 3.30. The van der Waals surface area contributed by atoms with Crippen LogP contribution in [0.5, 0.6) is 0 Å². The summed E-state index contributed by atoms with van der Waals surface area (Å²) in [5.74, 6) is 1.33. The van der Waals surface area contributed by atoms with Crippen LogP contribution in [0.4, 0.5) is 0 Å². The maximum atomic E-state index is 12.4. The Hall–Kier alpha value is -2.31. The second kappa shape index (κ2) is 8.80. The van der Waals surface area contributed by atoms with Gasteiger partial charge in [-0.15, -0.1) is 10.2 Å². The summed E-state index contributed by atoms with van der Waals surface area (Å²) in [5.41, 5.74) is 2.11. The molecule has 5 nitrogen and oxygen atoms in total. The number of benzene rings is 2. The number of amides is 1. The monoisotopic (exact) mass is 412 g/mol. The van der Waals surface area contributed by atoms with E-state index in [1.54, 1.807) is 0 Å². The Kier molecular flexibility index (Phi) is 5.98. The minimum Gasteiger partial charge on any atom is -0.342 e. The number of carbonyl (C=O) groups is 1. The van der Waals surface area contributed by atoms with E-state index in [9.17, 15) is 4.79 Å². The molecule has 0 saturated carbocycles. The van der Waals surface area contributed by atoms with Crippen LogP contribution in [0.1, 0.15) is 18.4 Å². The second-order valence-corrected chi connectivity index (χ2v) is 8.14. The fourth-order valence-corrected chi connectivity index (χ4v) is 4.27. The Morgan fingerprint density at radius 2 is 1.71 bits per heavy atom. The number of carbonyl (C=O) groups excluding carboxylic acids is 1. The topological polar surface area (TPSA) is 51.0 Å². The molecule has 0 atom stereocenters. The van der Waals surface area contributed by atoms with E-state index >= 15 is 0 Å². The Balaban J connectivity index is 1.59. The summed E-state index contributed by atoms with van der Waals surface area (Å²) in [6.07, 6.45) is 2.20. The van der Waals surface area contributed by atoms with Gasteiger partial charge in [-0.2, -0.15) is 0 Å². The van der Waals surface area contributed by atoms with Crippen molar-refractivity contribution < 1.29 is 4.79 Å². The number of rotatable bonds is 6. The highest BCUT2D eigenvalue weighted by Crippen LogP contribution is 2.26. The van der Waals surface area contributed by atoms with Crippen LogP contribution in [0.15, 0.2) is 59.8 Å². The van der Waals surface area contributed by atoms with Gasteiger partial charge in [0.05, 0.1) is 12.3 Å². The van der Waals surface area contributed by atoms with Crippen LogP contribution in [0.2, 0.25) is 5.02 Å². The van der Waals surface area contributed by atoms with Crippen LogP contribution >= 0.6 is 23.4 Å². The van der Waals surface area contributed by atoms with Crippen molar-refractivity contribution in [3.63, 3.8) is 0 Å². The molecule has 0 bridgehead atoms. The summed E-state index contributed by atoms with van der Waals surface area (Å²) < 4.78 is 2.07. The van der Waals surface area contributed by atoms with E-state index in [0.29, 0.717) is 17.3 Å². The number of aromatic nitrogens is 3. The number of nitrogens with zero attached hydrogens (tertiary/aromatic N) is 4. The van der Waals surface area contributed by atoms with Crippen LogP contribution in [-0.4, -0.2) is 44.4 Å². The maximum Gasteiger partial charge on any atom is 0.233 e. The molecule has 0 spiro atoms. The summed E-state index contributed by atoms with van der Waals surface area (Å²) in [6, 6.07) is 17.8. The van der Waals surface area contributed by atoms with Gasteiger partial charge in [0, 0.05) is 23.7 Å². The van der Waals surface area contributed by atoms with E-state index in [1.807, 2.05) is 47.4 Å². The summed E-state index contributed by atoms with van der Waals surface area (Å²) in [7, 11) is 0. The zero-order valence-electron chi connectivity index (χ0n) is 15.4. The number of halogens is 1. The molecular weight excluding hydrogens is 392 g/mol. The van der Waals surface area contributed by atoms with Gasteiger partial charge in [-0.25, -0.2) is 0 Å².